The van der Waals surface area contributed by atoms with Gasteiger partial charge >= 0.3 is 0 Å². The van der Waals surface area contributed by atoms with E-state index in [-0.39, 0.29) is 11.9 Å². The Morgan fingerprint density at radius 3 is 2.71 bits per heavy atom. The molecule has 0 bridgehead atoms. The average molecular weight is 286 g/mol. The Bertz CT molecular complexity index is 647. The zero-order valence-corrected chi connectivity index (χ0v) is 13.3. The number of rotatable bonds is 4. The van der Waals surface area contributed by atoms with E-state index in [2.05, 4.69) is 23.9 Å². The molecule has 1 unspecified atom stereocenters. The van der Waals surface area contributed by atoms with Gasteiger partial charge in [-0.05, 0) is 45.4 Å². The second-order valence-electron chi connectivity index (χ2n) is 5.37. The molecule has 2 rings (SSSR count). The lowest BCUT2D eigenvalue weighted by Crippen LogP contribution is -2.27. The van der Waals surface area contributed by atoms with Gasteiger partial charge in [-0.15, -0.1) is 0 Å². The normalized spacial score (nSPS) is 12.2. The summed E-state index contributed by atoms with van der Waals surface area (Å²) in [5, 5.41) is 4.45. The van der Waals surface area contributed by atoms with Crippen LogP contribution in [0.25, 0.3) is 0 Å². The zero-order valence-electron chi connectivity index (χ0n) is 13.3. The van der Waals surface area contributed by atoms with Crippen LogP contribution < -0.4 is 4.90 Å². The van der Waals surface area contributed by atoms with Crippen LogP contribution in [0, 0.1) is 13.8 Å². The molecule has 0 aliphatic carbocycles. The molecule has 1 amide bonds. The molecule has 0 saturated heterocycles. The van der Waals surface area contributed by atoms with Crippen LogP contribution in [0.15, 0.2) is 24.3 Å². The molecule has 0 spiro atoms. The lowest BCUT2D eigenvalue weighted by Gasteiger charge is -2.15. The lowest BCUT2D eigenvalue weighted by atomic mass is 10.2. The van der Waals surface area contributed by atoms with E-state index in [1.54, 1.807) is 7.05 Å². The Kier molecular flexibility index (Phi) is 4.40. The number of carbonyl (C=O) groups is 1. The van der Waals surface area contributed by atoms with Gasteiger partial charge in [0.2, 0.25) is 0 Å². The van der Waals surface area contributed by atoms with Crippen molar-refractivity contribution in [1.29, 1.82) is 0 Å². The Morgan fingerprint density at radius 1 is 1.38 bits per heavy atom. The predicted molar refractivity (Wildman–Crippen MR) is 83.7 cm³/mol. The number of amides is 1. The fourth-order valence-corrected chi connectivity index (χ4v) is 2.20. The van der Waals surface area contributed by atoms with Crippen molar-refractivity contribution in [3.8, 4) is 0 Å². The zero-order chi connectivity index (χ0) is 15.6. The molecular formula is C16H22N4O. The van der Waals surface area contributed by atoms with Crippen molar-refractivity contribution in [1.82, 2.24) is 14.8 Å². The van der Waals surface area contributed by atoms with Gasteiger partial charge in [0.25, 0.3) is 5.91 Å². The van der Waals surface area contributed by atoms with E-state index in [1.807, 2.05) is 42.8 Å². The van der Waals surface area contributed by atoms with Gasteiger partial charge in [-0.3, -0.25) is 14.4 Å². The Labute approximate surface area is 125 Å². The SMILES string of the molecule is CCC(C)n1nc(C(=O)N(C)c2cccc(C)n2)cc1C. The number of aromatic nitrogens is 3. The van der Waals surface area contributed by atoms with Crippen molar-refractivity contribution in [3.63, 3.8) is 0 Å². The van der Waals surface area contributed by atoms with E-state index in [1.165, 1.54) is 4.90 Å². The molecule has 0 fully saturated rings. The van der Waals surface area contributed by atoms with E-state index in [4.69, 9.17) is 0 Å². The first-order valence-corrected chi connectivity index (χ1v) is 7.22. The van der Waals surface area contributed by atoms with E-state index >= 15 is 0 Å². The first-order valence-electron chi connectivity index (χ1n) is 7.22. The number of hydrogen-bond acceptors (Lipinski definition) is 3. The lowest BCUT2D eigenvalue weighted by molar-refractivity contribution is 0.0986. The minimum Gasteiger partial charge on any atom is -0.294 e. The van der Waals surface area contributed by atoms with E-state index < -0.39 is 0 Å². The monoisotopic (exact) mass is 286 g/mol. The van der Waals surface area contributed by atoms with Gasteiger partial charge in [-0.25, -0.2) is 4.98 Å². The first-order chi connectivity index (χ1) is 9.93. The van der Waals surface area contributed by atoms with Crippen LogP contribution in [-0.2, 0) is 0 Å². The van der Waals surface area contributed by atoms with Crippen LogP contribution in [0.5, 0.6) is 0 Å². The molecule has 5 nitrogen and oxygen atoms in total. The number of anilines is 1. The molecule has 0 aliphatic heterocycles. The number of aryl methyl sites for hydroxylation is 2. The van der Waals surface area contributed by atoms with Gasteiger partial charge in [-0.1, -0.05) is 13.0 Å². The van der Waals surface area contributed by atoms with E-state index in [0.717, 1.165) is 17.8 Å². The average Bonchev–Trinajstić information content (AvgIpc) is 2.87. The van der Waals surface area contributed by atoms with Crippen LogP contribution in [0.3, 0.4) is 0 Å². The van der Waals surface area contributed by atoms with Crippen LogP contribution >= 0.6 is 0 Å². The van der Waals surface area contributed by atoms with Crippen molar-refractivity contribution < 1.29 is 4.79 Å². The molecule has 0 aromatic carbocycles. The fraction of sp³-hybridized carbons (Fsp3) is 0.438. The molecule has 1 atom stereocenters. The Hall–Kier alpha value is -2.17. The van der Waals surface area contributed by atoms with Crippen LogP contribution in [0.4, 0.5) is 5.82 Å². The third-order valence-electron chi connectivity index (χ3n) is 3.67. The molecule has 112 valence electrons. The van der Waals surface area contributed by atoms with Crippen molar-refractivity contribution in [2.75, 3.05) is 11.9 Å². The topological polar surface area (TPSA) is 51.0 Å². The first kappa shape index (κ1) is 15.2. The standard InChI is InChI=1S/C16H22N4O/c1-6-12(3)20-13(4)10-14(18-20)16(21)19(5)15-9-7-8-11(2)17-15/h7-10,12H,6H2,1-5H3. The second kappa shape index (κ2) is 6.08. The highest BCUT2D eigenvalue weighted by molar-refractivity contribution is 6.03. The molecule has 5 heteroatoms. The van der Waals surface area contributed by atoms with Gasteiger partial charge in [-0.2, -0.15) is 5.10 Å². The van der Waals surface area contributed by atoms with Crippen molar-refractivity contribution in [2.45, 2.75) is 40.2 Å². The summed E-state index contributed by atoms with van der Waals surface area (Å²) in [5.74, 6) is 0.494. The molecule has 2 aromatic rings. The van der Waals surface area contributed by atoms with Gasteiger partial charge < -0.3 is 0 Å². The molecule has 0 saturated carbocycles. The Morgan fingerprint density at radius 2 is 2.10 bits per heavy atom. The van der Waals surface area contributed by atoms with Crippen LogP contribution in [0.2, 0.25) is 0 Å². The third kappa shape index (κ3) is 3.12. The summed E-state index contributed by atoms with van der Waals surface area (Å²) >= 11 is 0. The summed E-state index contributed by atoms with van der Waals surface area (Å²) in [4.78, 5) is 18.5. The highest BCUT2D eigenvalue weighted by Gasteiger charge is 2.19. The summed E-state index contributed by atoms with van der Waals surface area (Å²) in [7, 11) is 1.72. The third-order valence-corrected chi connectivity index (χ3v) is 3.67. The molecule has 21 heavy (non-hydrogen) atoms. The molecule has 0 aliphatic rings. The summed E-state index contributed by atoms with van der Waals surface area (Å²) < 4.78 is 1.91. The number of nitrogens with zero attached hydrogens (tertiary/aromatic N) is 4. The summed E-state index contributed by atoms with van der Waals surface area (Å²) in [6.45, 7) is 8.08. The summed E-state index contributed by atoms with van der Waals surface area (Å²) in [6, 6.07) is 7.74. The summed E-state index contributed by atoms with van der Waals surface area (Å²) in [5.41, 5.74) is 2.34. The minimum atomic E-state index is -0.141. The maximum atomic E-state index is 12.5. The largest absolute Gasteiger partial charge is 0.294 e. The molecule has 2 aromatic heterocycles. The van der Waals surface area contributed by atoms with Gasteiger partial charge in [0.05, 0.1) is 0 Å². The number of pyridine rings is 1. The van der Waals surface area contributed by atoms with Crippen molar-refractivity contribution in [3.05, 3.63) is 41.3 Å². The second-order valence-corrected chi connectivity index (χ2v) is 5.37. The predicted octanol–water partition coefficient (Wildman–Crippen LogP) is 3.14. The molecule has 2 heterocycles. The van der Waals surface area contributed by atoms with E-state index in [9.17, 15) is 4.79 Å². The smallest absolute Gasteiger partial charge is 0.279 e. The Balaban J connectivity index is 2.28. The van der Waals surface area contributed by atoms with Crippen LogP contribution in [0.1, 0.15) is 48.2 Å². The van der Waals surface area contributed by atoms with Crippen molar-refractivity contribution >= 4 is 11.7 Å². The van der Waals surface area contributed by atoms with E-state index in [0.29, 0.717) is 11.5 Å². The quantitative estimate of drug-likeness (QED) is 0.867. The van der Waals surface area contributed by atoms with Crippen LogP contribution in [-0.4, -0.2) is 27.7 Å². The molecular weight excluding hydrogens is 264 g/mol. The highest BCUT2D eigenvalue weighted by Crippen LogP contribution is 2.17. The van der Waals surface area contributed by atoms with Gasteiger partial charge in [0.1, 0.15) is 5.82 Å². The molecule has 0 radical (unpaired) electrons. The maximum Gasteiger partial charge on any atom is 0.279 e. The van der Waals surface area contributed by atoms with Crippen molar-refractivity contribution in [2.24, 2.45) is 0 Å². The number of hydrogen-bond donors (Lipinski definition) is 0. The molecule has 0 N–H and O–H groups in total. The summed E-state index contributed by atoms with van der Waals surface area (Å²) in [6.07, 6.45) is 0.978. The van der Waals surface area contributed by atoms with Gasteiger partial charge in [0.15, 0.2) is 5.69 Å². The maximum absolute atomic E-state index is 12.5. The van der Waals surface area contributed by atoms with Gasteiger partial charge in [0, 0.05) is 24.5 Å². The minimum absolute atomic E-state index is 0.141. The number of carbonyl (C=O) groups excluding carboxylic acids is 1. The fourth-order valence-electron chi connectivity index (χ4n) is 2.20. The highest BCUT2D eigenvalue weighted by atomic mass is 16.2.